The molecule has 0 bridgehead atoms. The lowest BCUT2D eigenvalue weighted by atomic mass is 9.94. The van der Waals surface area contributed by atoms with Gasteiger partial charge in [0.1, 0.15) is 0 Å². The minimum absolute atomic E-state index is 0.362. The Hall–Kier alpha value is -0.610. The third-order valence-corrected chi connectivity index (χ3v) is 4.32. The highest BCUT2D eigenvalue weighted by molar-refractivity contribution is 5.76. The SMILES string of the molecule is CC1CN(C)CCN1C(=O)CCC1CCCNC1. The molecule has 0 aromatic heterocycles. The maximum Gasteiger partial charge on any atom is 0.222 e. The van der Waals surface area contributed by atoms with Crippen molar-refractivity contribution < 1.29 is 4.79 Å². The number of nitrogens with zero attached hydrogens (tertiary/aromatic N) is 2. The Kier molecular flexibility index (Phi) is 5.01. The van der Waals surface area contributed by atoms with Crippen LogP contribution < -0.4 is 5.32 Å². The van der Waals surface area contributed by atoms with Crippen molar-refractivity contribution in [3.05, 3.63) is 0 Å². The predicted octanol–water partition coefficient (Wildman–Crippen LogP) is 0.929. The Labute approximate surface area is 111 Å². The molecule has 2 unspecified atom stereocenters. The lowest BCUT2D eigenvalue weighted by molar-refractivity contribution is -0.135. The summed E-state index contributed by atoms with van der Waals surface area (Å²) in [6, 6.07) is 0.376. The van der Waals surface area contributed by atoms with E-state index in [0.29, 0.717) is 17.9 Å². The highest BCUT2D eigenvalue weighted by Crippen LogP contribution is 2.18. The third-order valence-electron chi connectivity index (χ3n) is 4.32. The van der Waals surface area contributed by atoms with E-state index >= 15 is 0 Å². The van der Waals surface area contributed by atoms with Crippen LogP contribution in [-0.4, -0.2) is 61.5 Å². The summed E-state index contributed by atoms with van der Waals surface area (Å²) in [4.78, 5) is 16.6. The van der Waals surface area contributed by atoms with Gasteiger partial charge < -0.3 is 15.1 Å². The lowest BCUT2D eigenvalue weighted by Crippen LogP contribution is -2.52. The number of carbonyl (C=O) groups excluding carboxylic acids is 1. The molecular formula is C14H27N3O. The molecule has 2 aliphatic heterocycles. The number of piperazine rings is 1. The van der Waals surface area contributed by atoms with Crippen LogP contribution in [0, 0.1) is 5.92 Å². The highest BCUT2D eigenvalue weighted by atomic mass is 16.2. The van der Waals surface area contributed by atoms with Gasteiger partial charge in [-0.1, -0.05) is 0 Å². The van der Waals surface area contributed by atoms with E-state index in [1.54, 1.807) is 0 Å². The molecule has 2 aliphatic rings. The van der Waals surface area contributed by atoms with Crippen molar-refractivity contribution in [2.45, 2.75) is 38.6 Å². The van der Waals surface area contributed by atoms with Crippen molar-refractivity contribution in [1.29, 1.82) is 0 Å². The number of amides is 1. The van der Waals surface area contributed by atoms with E-state index in [2.05, 4.69) is 29.1 Å². The van der Waals surface area contributed by atoms with Gasteiger partial charge in [0.2, 0.25) is 5.91 Å². The topological polar surface area (TPSA) is 35.6 Å². The predicted molar refractivity (Wildman–Crippen MR) is 73.5 cm³/mol. The average Bonchev–Trinajstić information content (AvgIpc) is 2.37. The Bertz CT molecular complexity index is 276. The van der Waals surface area contributed by atoms with E-state index in [1.165, 1.54) is 12.8 Å². The van der Waals surface area contributed by atoms with Crippen LogP contribution in [0.15, 0.2) is 0 Å². The lowest BCUT2D eigenvalue weighted by Gasteiger charge is -2.38. The molecule has 0 aromatic carbocycles. The van der Waals surface area contributed by atoms with Gasteiger partial charge in [0.25, 0.3) is 0 Å². The number of hydrogen-bond donors (Lipinski definition) is 1. The van der Waals surface area contributed by atoms with Crippen LogP contribution in [-0.2, 0) is 4.79 Å². The second kappa shape index (κ2) is 6.53. The fraction of sp³-hybridized carbons (Fsp3) is 0.929. The summed E-state index contributed by atoms with van der Waals surface area (Å²) in [5.74, 6) is 1.08. The second-order valence-electron chi connectivity index (χ2n) is 5.95. The number of piperidine rings is 1. The van der Waals surface area contributed by atoms with E-state index in [0.717, 1.165) is 45.6 Å². The van der Waals surface area contributed by atoms with Gasteiger partial charge in [-0.25, -0.2) is 0 Å². The summed E-state index contributed by atoms with van der Waals surface area (Å²) in [5.41, 5.74) is 0. The van der Waals surface area contributed by atoms with Crippen LogP contribution in [0.25, 0.3) is 0 Å². The number of likely N-dealkylation sites (N-methyl/N-ethyl adjacent to an activating group) is 1. The Balaban J connectivity index is 1.73. The van der Waals surface area contributed by atoms with E-state index < -0.39 is 0 Å². The Morgan fingerprint density at radius 2 is 2.22 bits per heavy atom. The van der Waals surface area contributed by atoms with Gasteiger partial charge in [0, 0.05) is 32.1 Å². The zero-order chi connectivity index (χ0) is 13.0. The van der Waals surface area contributed by atoms with E-state index in [1.807, 2.05) is 0 Å². The zero-order valence-corrected chi connectivity index (χ0v) is 11.8. The monoisotopic (exact) mass is 253 g/mol. The maximum absolute atomic E-state index is 12.2. The largest absolute Gasteiger partial charge is 0.337 e. The number of rotatable bonds is 3. The van der Waals surface area contributed by atoms with Gasteiger partial charge in [0.15, 0.2) is 0 Å². The number of hydrogen-bond acceptors (Lipinski definition) is 3. The van der Waals surface area contributed by atoms with E-state index in [4.69, 9.17) is 0 Å². The molecule has 18 heavy (non-hydrogen) atoms. The van der Waals surface area contributed by atoms with Crippen molar-refractivity contribution in [3.63, 3.8) is 0 Å². The van der Waals surface area contributed by atoms with Crippen molar-refractivity contribution in [1.82, 2.24) is 15.1 Å². The fourth-order valence-electron chi connectivity index (χ4n) is 3.15. The molecule has 4 nitrogen and oxygen atoms in total. The molecule has 0 spiro atoms. The molecule has 0 aromatic rings. The van der Waals surface area contributed by atoms with E-state index in [-0.39, 0.29) is 0 Å². The quantitative estimate of drug-likeness (QED) is 0.813. The third kappa shape index (κ3) is 3.69. The standard InChI is InChI=1S/C14H27N3O/c1-12-11-16(2)8-9-17(12)14(18)6-5-13-4-3-7-15-10-13/h12-13,15H,3-11H2,1-2H3. The van der Waals surface area contributed by atoms with E-state index in [9.17, 15) is 4.79 Å². The highest BCUT2D eigenvalue weighted by Gasteiger charge is 2.26. The second-order valence-corrected chi connectivity index (χ2v) is 5.95. The van der Waals surface area contributed by atoms with Gasteiger partial charge in [-0.15, -0.1) is 0 Å². The first-order valence-corrected chi connectivity index (χ1v) is 7.35. The summed E-state index contributed by atoms with van der Waals surface area (Å²) in [5, 5.41) is 3.42. The Morgan fingerprint density at radius 3 is 2.89 bits per heavy atom. The zero-order valence-electron chi connectivity index (χ0n) is 11.8. The fourth-order valence-corrected chi connectivity index (χ4v) is 3.15. The van der Waals surface area contributed by atoms with Gasteiger partial charge in [0.05, 0.1) is 0 Å². The minimum atomic E-state index is 0.362. The molecule has 2 heterocycles. The van der Waals surface area contributed by atoms with Gasteiger partial charge >= 0.3 is 0 Å². The molecular weight excluding hydrogens is 226 g/mol. The molecule has 1 N–H and O–H groups in total. The number of nitrogens with one attached hydrogen (secondary N) is 1. The summed E-state index contributed by atoms with van der Waals surface area (Å²) in [7, 11) is 2.13. The van der Waals surface area contributed by atoms with Gasteiger partial charge in [-0.3, -0.25) is 4.79 Å². The van der Waals surface area contributed by atoms with Crippen LogP contribution in [0.1, 0.15) is 32.6 Å². The molecule has 2 atom stereocenters. The molecule has 1 amide bonds. The normalized spacial score (nSPS) is 30.4. The molecule has 0 aliphatic carbocycles. The van der Waals surface area contributed by atoms with Gasteiger partial charge in [-0.2, -0.15) is 0 Å². The summed E-state index contributed by atoms with van der Waals surface area (Å²) >= 11 is 0. The van der Waals surface area contributed by atoms with Crippen LogP contribution in [0.4, 0.5) is 0 Å². The molecule has 0 radical (unpaired) electrons. The van der Waals surface area contributed by atoms with Crippen LogP contribution in [0.5, 0.6) is 0 Å². The first-order valence-electron chi connectivity index (χ1n) is 7.35. The molecule has 0 saturated carbocycles. The first kappa shape index (κ1) is 13.8. The van der Waals surface area contributed by atoms with Crippen molar-refractivity contribution in [2.75, 3.05) is 39.8 Å². The first-order chi connectivity index (χ1) is 8.66. The average molecular weight is 253 g/mol. The van der Waals surface area contributed by atoms with Crippen LogP contribution in [0.2, 0.25) is 0 Å². The van der Waals surface area contributed by atoms with Gasteiger partial charge in [-0.05, 0) is 52.2 Å². The molecule has 2 fully saturated rings. The van der Waals surface area contributed by atoms with Crippen molar-refractivity contribution in [2.24, 2.45) is 5.92 Å². The molecule has 104 valence electrons. The van der Waals surface area contributed by atoms with Crippen LogP contribution in [0.3, 0.4) is 0 Å². The molecule has 2 saturated heterocycles. The number of carbonyl (C=O) groups is 1. The minimum Gasteiger partial charge on any atom is -0.337 e. The summed E-state index contributed by atoms with van der Waals surface area (Å²) in [6.45, 7) is 7.35. The molecule has 2 rings (SSSR count). The molecule has 4 heteroatoms. The summed E-state index contributed by atoms with van der Waals surface area (Å²) in [6.07, 6.45) is 4.35. The summed E-state index contributed by atoms with van der Waals surface area (Å²) < 4.78 is 0. The maximum atomic E-state index is 12.2. The van der Waals surface area contributed by atoms with Crippen LogP contribution >= 0.6 is 0 Å². The Morgan fingerprint density at radius 1 is 1.39 bits per heavy atom. The van der Waals surface area contributed by atoms with Crippen molar-refractivity contribution >= 4 is 5.91 Å². The van der Waals surface area contributed by atoms with Crippen molar-refractivity contribution in [3.8, 4) is 0 Å². The smallest absolute Gasteiger partial charge is 0.222 e.